The largest absolute Gasteiger partial charge is 0.313 e. The smallest absolute Gasteiger partial charge is 0.212 e. The van der Waals surface area contributed by atoms with E-state index in [2.05, 4.69) is 16.4 Å². The van der Waals surface area contributed by atoms with Gasteiger partial charge in [0.25, 0.3) is 0 Å². The maximum atomic E-state index is 12.7. The molecule has 1 aliphatic heterocycles. The molecule has 0 saturated carbocycles. The van der Waals surface area contributed by atoms with E-state index in [9.17, 15) is 4.39 Å². The van der Waals surface area contributed by atoms with Gasteiger partial charge in [-0.3, -0.25) is 0 Å². The zero-order chi connectivity index (χ0) is 11.0. The van der Waals surface area contributed by atoms with Crippen LogP contribution in [0.1, 0.15) is 24.8 Å². The Morgan fingerprint density at radius 3 is 3.06 bits per heavy atom. The molecule has 0 bridgehead atoms. The van der Waals surface area contributed by atoms with E-state index in [1.165, 1.54) is 24.5 Å². The van der Waals surface area contributed by atoms with Gasteiger partial charge < -0.3 is 5.32 Å². The lowest BCUT2D eigenvalue weighted by atomic mass is 9.94. The number of aromatic nitrogens is 1. The molecule has 1 fully saturated rings. The first-order chi connectivity index (χ1) is 7.83. The van der Waals surface area contributed by atoms with Crippen LogP contribution in [0.15, 0.2) is 24.4 Å². The molecular weight excluding hydrogens is 203 g/mol. The van der Waals surface area contributed by atoms with Crippen LogP contribution in [0.3, 0.4) is 0 Å². The third-order valence-electron chi connectivity index (χ3n) is 3.59. The summed E-state index contributed by atoms with van der Waals surface area (Å²) in [4.78, 5) is 3.71. The van der Waals surface area contributed by atoms with Crippen molar-refractivity contribution in [1.29, 1.82) is 0 Å². The van der Waals surface area contributed by atoms with Gasteiger partial charge in [-0.15, -0.1) is 0 Å². The fourth-order valence-corrected chi connectivity index (χ4v) is 2.74. The molecule has 0 amide bonds. The number of rotatable bonds is 1. The SMILES string of the molecule is Fc1ccc(C2=CC3CCCNC3C2)cn1. The Labute approximate surface area is 94.6 Å². The molecule has 1 aromatic heterocycles. The fraction of sp³-hybridized carbons (Fsp3) is 0.462. The Bertz CT molecular complexity index is 410. The molecule has 0 radical (unpaired) electrons. The number of piperidine rings is 1. The molecular formula is C13H15FN2. The summed E-state index contributed by atoms with van der Waals surface area (Å²) in [5, 5.41) is 3.55. The van der Waals surface area contributed by atoms with E-state index in [4.69, 9.17) is 0 Å². The second kappa shape index (κ2) is 3.98. The van der Waals surface area contributed by atoms with E-state index in [0.717, 1.165) is 18.5 Å². The summed E-state index contributed by atoms with van der Waals surface area (Å²) in [5.41, 5.74) is 2.38. The maximum absolute atomic E-state index is 12.7. The zero-order valence-corrected chi connectivity index (χ0v) is 9.12. The van der Waals surface area contributed by atoms with Gasteiger partial charge >= 0.3 is 0 Å². The average molecular weight is 218 g/mol. The second-order valence-corrected chi connectivity index (χ2v) is 4.63. The maximum Gasteiger partial charge on any atom is 0.212 e. The number of hydrogen-bond acceptors (Lipinski definition) is 2. The highest BCUT2D eigenvalue weighted by Gasteiger charge is 2.29. The standard InChI is InChI=1S/C13H15FN2/c14-13-4-3-10(8-16-13)11-6-9-2-1-5-15-12(9)7-11/h3-4,6,8-9,12,15H,1-2,5,7H2. The second-order valence-electron chi connectivity index (χ2n) is 4.63. The molecule has 3 heteroatoms. The third kappa shape index (κ3) is 1.76. The summed E-state index contributed by atoms with van der Waals surface area (Å²) < 4.78 is 12.7. The van der Waals surface area contributed by atoms with Gasteiger partial charge in [0.1, 0.15) is 0 Å². The monoisotopic (exact) mass is 218 g/mol. The molecule has 1 saturated heterocycles. The summed E-state index contributed by atoms with van der Waals surface area (Å²) in [6, 6.07) is 3.85. The summed E-state index contributed by atoms with van der Waals surface area (Å²) in [6.07, 6.45) is 7.56. The molecule has 0 aromatic carbocycles. The number of hydrogen-bond donors (Lipinski definition) is 1. The van der Waals surface area contributed by atoms with E-state index in [1.807, 2.05) is 6.07 Å². The lowest BCUT2D eigenvalue weighted by Gasteiger charge is -2.25. The van der Waals surface area contributed by atoms with Crippen molar-refractivity contribution in [1.82, 2.24) is 10.3 Å². The quantitative estimate of drug-likeness (QED) is 0.732. The molecule has 2 aliphatic rings. The van der Waals surface area contributed by atoms with Gasteiger partial charge in [0.15, 0.2) is 0 Å². The minimum atomic E-state index is -0.405. The van der Waals surface area contributed by atoms with Gasteiger partial charge in [-0.2, -0.15) is 4.39 Å². The summed E-state index contributed by atoms with van der Waals surface area (Å²) >= 11 is 0. The third-order valence-corrected chi connectivity index (χ3v) is 3.59. The molecule has 1 N–H and O–H groups in total. The highest BCUT2D eigenvalue weighted by atomic mass is 19.1. The molecule has 2 atom stereocenters. The normalized spacial score (nSPS) is 28.7. The highest BCUT2D eigenvalue weighted by Crippen LogP contribution is 2.35. The molecule has 1 aromatic rings. The lowest BCUT2D eigenvalue weighted by molar-refractivity contribution is 0.348. The van der Waals surface area contributed by atoms with Crippen LogP contribution in [-0.4, -0.2) is 17.6 Å². The van der Waals surface area contributed by atoms with Crippen molar-refractivity contribution in [2.24, 2.45) is 5.92 Å². The van der Waals surface area contributed by atoms with Crippen molar-refractivity contribution in [3.05, 3.63) is 35.9 Å². The molecule has 2 heterocycles. The van der Waals surface area contributed by atoms with Crippen LogP contribution in [0.25, 0.3) is 5.57 Å². The zero-order valence-electron chi connectivity index (χ0n) is 9.12. The van der Waals surface area contributed by atoms with Crippen LogP contribution in [-0.2, 0) is 0 Å². The van der Waals surface area contributed by atoms with Gasteiger partial charge in [-0.05, 0) is 55.0 Å². The van der Waals surface area contributed by atoms with Gasteiger partial charge in [0.05, 0.1) is 0 Å². The number of nitrogens with zero attached hydrogens (tertiary/aromatic N) is 1. The predicted molar refractivity (Wildman–Crippen MR) is 61.3 cm³/mol. The lowest BCUT2D eigenvalue weighted by Crippen LogP contribution is -2.37. The molecule has 84 valence electrons. The first-order valence-corrected chi connectivity index (χ1v) is 5.89. The van der Waals surface area contributed by atoms with Crippen molar-refractivity contribution in [2.75, 3.05) is 6.54 Å². The first kappa shape index (κ1) is 9.97. The van der Waals surface area contributed by atoms with E-state index < -0.39 is 5.95 Å². The van der Waals surface area contributed by atoms with Crippen molar-refractivity contribution in [3.8, 4) is 0 Å². The van der Waals surface area contributed by atoms with E-state index in [0.29, 0.717) is 12.0 Å². The number of fused-ring (bicyclic) bond motifs is 1. The van der Waals surface area contributed by atoms with Gasteiger partial charge in [-0.25, -0.2) is 4.98 Å². The first-order valence-electron chi connectivity index (χ1n) is 5.89. The van der Waals surface area contributed by atoms with Crippen LogP contribution in [0.2, 0.25) is 0 Å². The van der Waals surface area contributed by atoms with Crippen LogP contribution in [0.5, 0.6) is 0 Å². The average Bonchev–Trinajstić information content (AvgIpc) is 2.73. The van der Waals surface area contributed by atoms with Gasteiger partial charge in [0, 0.05) is 12.2 Å². The molecule has 0 spiro atoms. The van der Waals surface area contributed by atoms with Crippen LogP contribution in [0.4, 0.5) is 4.39 Å². The van der Waals surface area contributed by atoms with E-state index in [1.54, 1.807) is 6.20 Å². The molecule has 16 heavy (non-hydrogen) atoms. The fourth-order valence-electron chi connectivity index (χ4n) is 2.74. The van der Waals surface area contributed by atoms with E-state index in [-0.39, 0.29) is 0 Å². The van der Waals surface area contributed by atoms with Crippen LogP contribution >= 0.6 is 0 Å². The van der Waals surface area contributed by atoms with Crippen LogP contribution < -0.4 is 5.32 Å². The Morgan fingerprint density at radius 2 is 2.31 bits per heavy atom. The van der Waals surface area contributed by atoms with Crippen LogP contribution in [0, 0.1) is 11.9 Å². The number of pyridine rings is 1. The van der Waals surface area contributed by atoms with Crippen molar-refractivity contribution < 1.29 is 4.39 Å². The van der Waals surface area contributed by atoms with Crippen molar-refractivity contribution >= 4 is 5.57 Å². The number of nitrogens with one attached hydrogen (secondary N) is 1. The topological polar surface area (TPSA) is 24.9 Å². The van der Waals surface area contributed by atoms with Gasteiger partial charge in [0.2, 0.25) is 5.95 Å². The molecule has 1 aliphatic carbocycles. The minimum absolute atomic E-state index is 0.405. The summed E-state index contributed by atoms with van der Waals surface area (Å²) in [7, 11) is 0. The Morgan fingerprint density at radius 1 is 1.38 bits per heavy atom. The summed E-state index contributed by atoms with van der Waals surface area (Å²) in [5.74, 6) is 0.256. The Kier molecular flexibility index (Phi) is 2.48. The van der Waals surface area contributed by atoms with Gasteiger partial charge in [-0.1, -0.05) is 6.08 Å². The molecule has 2 unspecified atom stereocenters. The Hall–Kier alpha value is -1.22. The molecule has 3 rings (SSSR count). The predicted octanol–water partition coefficient (Wildman–Crippen LogP) is 2.38. The molecule has 2 nitrogen and oxygen atoms in total. The Balaban J connectivity index is 1.83. The number of halogens is 1. The minimum Gasteiger partial charge on any atom is -0.313 e. The summed E-state index contributed by atoms with van der Waals surface area (Å²) in [6.45, 7) is 1.13. The highest BCUT2D eigenvalue weighted by molar-refractivity contribution is 5.68. The van der Waals surface area contributed by atoms with Crippen molar-refractivity contribution in [3.63, 3.8) is 0 Å². The van der Waals surface area contributed by atoms with E-state index >= 15 is 0 Å². The van der Waals surface area contributed by atoms with Crippen molar-refractivity contribution in [2.45, 2.75) is 25.3 Å².